The van der Waals surface area contributed by atoms with Crippen molar-refractivity contribution >= 4 is 34.9 Å². The van der Waals surface area contributed by atoms with E-state index in [2.05, 4.69) is 10.1 Å². The van der Waals surface area contributed by atoms with Crippen LogP contribution in [0.2, 0.25) is 0 Å². The summed E-state index contributed by atoms with van der Waals surface area (Å²) in [7, 11) is 1.23. The van der Waals surface area contributed by atoms with E-state index in [0.717, 1.165) is 17.4 Å². The maximum absolute atomic E-state index is 11.3. The van der Waals surface area contributed by atoms with Crippen molar-refractivity contribution in [2.24, 2.45) is 0 Å². The van der Waals surface area contributed by atoms with Gasteiger partial charge in [-0.05, 0) is 17.5 Å². The molecule has 1 aromatic rings. The molecule has 90 valence electrons. The first-order valence-electron chi connectivity index (χ1n) is 4.40. The fourth-order valence-electron chi connectivity index (χ4n) is 0.977. The number of aliphatic carboxylic acids is 1. The molecule has 1 N–H and O–H groups in total. The Morgan fingerprint density at radius 2 is 2.12 bits per heavy atom. The quantitative estimate of drug-likeness (QED) is 0.592. The minimum atomic E-state index is -1.47. The zero-order valence-electron chi connectivity index (χ0n) is 8.76. The second-order valence-corrected chi connectivity index (χ2v) is 3.71. The van der Waals surface area contributed by atoms with E-state index >= 15 is 0 Å². The van der Waals surface area contributed by atoms with Gasteiger partial charge in [0.15, 0.2) is 0 Å². The van der Waals surface area contributed by atoms with Crippen LogP contribution in [0, 0.1) is 0 Å². The molecule has 0 saturated heterocycles. The Morgan fingerprint density at radius 3 is 2.71 bits per heavy atom. The van der Waals surface area contributed by atoms with Crippen LogP contribution in [0.4, 0.5) is 5.69 Å². The lowest BCUT2D eigenvalue weighted by Gasteiger charge is -2.02. The molecule has 6 nitrogen and oxygen atoms in total. The number of esters is 1. The van der Waals surface area contributed by atoms with E-state index in [9.17, 15) is 19.5 Å². The molecule has 0 atom stereocenters. The van der Waals surface area contributed by atoms with E-state index in [-0.39, 0.29) is 10.6 Å². The first kappa shape index (κ1) is 12.9. The van der Waals surface area contributed by atoms with Crippen LogP contribution >= 0.6 is 11.3 Å². The molecule has 0 aromatic carbocycles. The normalized spacial score (nSPS) is 10.2. The van der Waals surface area contributed by atoms with Crippen molar-refractivity contribution in [3.05, 3.63) is 28.5 Å². The van der Waals surface area contributed by atoms with E-state index in [1.807, 2.05) is 0 Å². The van der Waals surface area contributed by atoms with Gasteiger partial charge in [0.1, 0.15) is 4.88 Å². The van der Waals surface area contributed by atoms with Crippen molar-refractivity contribution < 1.29 is 24.2 Å². The van der Waals surface area contributed by atoms with Gasteiger partial charge in [-0.2, -0.15) is 0 Å². The highest BCUT2D eigenvalue weighted by Gasteiger charge is 2.14. The SMILES string of the molecule is COC(=O)c1sccc1NC(=O)/C=C/C(=O)[O-]. The van der Waals surface area contributed by atoms with E-state index in [1.54, 1.807) is 5.38 Å². The maximum atomic E-state index is 11.3. The Bertz CT molecular complexity index is 477. The highest BCUT2D eigenvalue weighted by Crippen LogP contribution is 2.22. The van der Waals surface area contributed by atoms with Gasteiger partial charge in [0, 0.05) is 6.08 Å². The second kappa shape index (κ2) is 5.80. The molecule has 0 spiro atoms. The number of amides is 1. The molecule has 0 aliphatic heterocycles. The van der Waals surface area contributed by atoms with Crippen molar-refractivity contribution in [3.63, 3.8) is 0 Å². The molecule has 1 amide bonds. The second-order valence-electron chi connectivity index (χ2n) is 2.80. The lowest BCUT2D eigenvalue weighted by Crippen LogP contribution is -2.20. The van der Waals surface area contributed by atoms with Gasteiger partial charge in [-0.1, -0.05) is 0 Å². The summed E-state index contributed by atoms with van der Waals surface area (Å²) in [6.45, 7) is 0. The summed E-state index contributed by atoms with van der Waals surface area (Å²) < 4.78 is 4.51. The zero-order valence-corrected chi connectivity index (χ0v) is 9.58. The molecule has 1 rings (SSSR count). The topological polar surface area (TPSA) is 95.5 Å². The minimum absolute atomic E-state index is 0.239. The van der Waals surface area contributed by atoms with E-state index in [4.69, 9.17) is 0 Å². The number of anilines is 1. The predicted octanol–water partition coefficient (Wildman–Crippen LogP) is -0.221. The highest BCUT2D eigenvalue weighted by molar-refractivity contribution is 7.12. The molecule has 0 radical (unpaired) electrons. The van der Waals surface area contributed by atoms with Gasteiger partial charge in [-0.3, -0.25) is 4.79 Å². The molecule has 7 heteroatoms. The largest absolute Gasteiger partial charge is 0.545 e. The number of methoxy groups -OCH3 is 1. The predicted molar refractivity (Wildman–Crippen MR) is 58.4 cm³/mol. The number of hydrogen-bond acceptors (Lipinski definition) is 6. The van der Waals surface area contributed by atoms with Crippen LogP contribution in [0.3, 0.4) is 0 Å². The van der Waals surface area contributed by atoms with Gasteiger partial charge in [-0.25, -0.2) is 4.79 Å². The fourth-order valence-corrected chi connectivity index (χ4v) is 1.74. The molecule has 0 aliphatic rings. The average molecular weight is 254 g/mol. The Labute approximate surface area is 101 Å². The Balaban J connectivity index is 2.75. The molecular weight excluding hydrogens is 246 g/mol. The van der Waals surface area contributed by atoms with Crippen molar-refractivity contribution in [1.82, 2.24) is 0 Å². The third kappa shape index (κ3) is 3.72. The minimum Gasteiger partial charge on any atom is -0.545 e. The third-order valence-electron chi connectivity index (χ3n) is 1.66. The van der Waals surface area contributed by atoms with Crippen molar-refractivity contribution in [1.29, 1.82) is 0 Å². The van der Waals surface area contributed by atoms with Crippen LogP contribution in [0.1, 0.15) is 9.67 Å². The number of thiophene rings is 1. The van der Waals surface area contributed by atoms with Gasteiger partial charge in [0.05, 0.1) is 18.8 Å². The summed E-state index contributed by atoms with van der Waals surface area (Å²) in [5, 5.41) is 14.0. The first-order valence-corrected chi connectivity index (χ1v) is 5.28. The van der Waals surface area contributed by atoms with Crippen molar-refractivity contribution in [3.8, 4) is 0 Å². The van der Waals surface area contributed by atoms with Crippen LogP contribution in [-0.2, 0) is 14.3 Å². The molecule has 0 aliphatic carbocycles. The summed E-state index contributed by atoms with van der Waals surface area (Å²) in [5.74, 6) is -2.71. The van der Waals surface area contributed by atoms with Gasteiger partial charge in [0.2, 0.25) is 5.91 Å². The Kier molecular flexibility index (Phi) is 4.41. The highest BCUT2D eigenvalue weighted by atomic mass is 32.1. The molecule has 0 bridgehead atoms. The molecule has 0 fully saturated rings. The van der Waals surface area contributed by atoms with Gasteiger partial charge < -0.3 is 20.0 Å². The first-order chi connectivity index (χ1) is 8.04. The number of hydrogen-bond donors (Lipinski definition) is 1. The number of rotatable bonds is 4. The average Bonchev–Trinajstić information content (AvgIpc) is 2.73. The molecule has 1 heterocycles. The Morgan fingerprint density at radius 1 is 1.41 bits per heavy atom. The van der Waals surface area contributed by atoms with Gasteiger partial charge in [0.25, 0.3) is 0 Å². The number of ether oxygens (including phenoxy) is 1. The summed E-state index contributed by atoms with van der Waals surface area (Å²) in [5.41, 5.74) is 0.273. The van der Waals surface area contributed by atoms with E-state index < -0.39 is 17.8 Å². The van der Waals surface area contributed by atoms with Crippen LogP contribution < -0.4 is 10.4 Å². The van der Waals surface area contributed by atoms with Crippen molar-refractivity contribution in [2.75, 3.05) is 12.4 Å². The standard InChI is InChI=1S/C10H9NO5S/c1-16-10(15)9-6(4-5-17-9)11-7(12)2-3-8(13)14/h2-5H,1H3,(H,11,12)(H,13,14)/p-1/b3-2+. The van der Waals surface area contributed by atoms with E-state index in [0.29, 0.717) is 6.08 Å². The van der Waals surface area contributed by atoms with Gasteiger partial charge >= 0.3 is 5.97 Å². The summed E-state index contributed by atoms with van der Waals surface area (Å²) in [4.78, 5) is 32.8. The van der Waals surface area contributed by atoms with Crippen LogP contribution in [0.15, 0.2) is 23.6 Å². The molecule has 17 heavy (non-hydrogen) atoms. The van der Waals surface area contributed by atoms with Crippen molar-refractivity contribution in [2.45, 2.75) is 0 Å². The number of carbonyl (C=O) groups excluding carboxylic acids is 3. The van der Waals surface area contributed by atoms with Gasteiger partial charge in [-0.15, -0.1) is 11.3 Å². The van der Waals surface area contributed by atoms with Crippen LogP contribution in [0.5, 0.6) is 0 Å². The number of carboxylic acid groups (broad SMARTS) is 1. The Hall–Kier alpha value is -2.15. The monoisotopic (exact) mass is 254 g/mol. The molecule has 0 saturated carbocycles. The fraction of sp³-hybridized carbons (Fsp3) is 0.100. The molecule has 0 unspecified atom stereocenters. The summed E-state index contributed by atoms with van der Waals surface area (Å²) in [6.07, 6.45) is 1.40. The smallest absolute Gasteiger partial charge is 0.350 e. The lowest BCUT2D eigenvalue weighted by molar-refractivity contribution is -0.297. The summed E-state index contributed by atoms with van der Waals surface area (Å²) >= 11 is 1.11. The van der Waals surface area contributed by atoms with Crippen LogP contribution in [0.25, 0.3) is 0 Å². The number of carbonyl (C=O) groups is 3. The summed E-state index contributed by atoms with van der Waals surface area (Å²) in [6, 6.07) is 1.52. The third-order valence-corrected chi connectivity index (χ3v) is 2.56. The number of carboxylic acids is 1. The molecule has 1 aromatic heterocycles. The van der Waals surface area contributed by atoms with Crippen LogP contribution in [-0.4, -0.2) is 25.0 Å². The maximum Gasteiger partial charge on any atom is 0.350 e. The van der Waals surface area contributed by atoms with E-state index in [1.165, 1.54) is 13.2 Å². The number of nitrogens with one attached hydrogen (secondary N) is 1. The zero-order chi connectivity index (χ0) is 12.8. The molecular formula is C10H8NO5S-. The lowest BCUT2D eigenvalue weighted by atomic mass is 10.3.